The van der Waals surface area contributed by atoms with Gasteiger partial charge in [0, 0.05) is 0 Å². The van der Waals surface area contributed by atoms with E-state index in [-0.39, 0.29) is 0 Å². The molecule has 0 aromatic carbocycles. The highest BCUT2D eigenvalue weighted by molar-refractivity contribution is 8.05. The van der Waals surface area contributed by atoms with Crippen LogP contribution in [0.1, 0.15) is 0 Å². The van der Waals surface area contributed by atoms with Gasteiger partial charge in [-0.3, -0.25) is 0 Å². The summed E-state index contributed by atoms with van der Waals surface area (Å²) in [5.74, 6) is 0. The molecule has 3 N–H and O–H groups in total. The molecule has 0 rings (SSSR count). The van der Waals surface area contributed by atoms with E-state index in [1.807, 2.05) is 0 Å². The molecular formula is CH4Cl2N2O4S2. The summed E-state index contributed by atoms with van der Waals surface area (Å²) in [5, 5.41) is 4.32. The number of halogens is 2. The predicted molar refractivity (Wildman–Crippen MR) is 40.7 cm³/mol. The van der Waals surface area contributed by atoms with Gasteiger partial charge in [-0.05, 0) is 0 Å². The zero-order valence-electron chi connectivity index (χ0n) is 4.86. The summed E-state index contributed by atoms with van der Waals surface area (Å²) in [7, 11) is -8.62. The minimum atomic E-state index is -4.33. The first-order valence-electron chi connectivity index (χ1n) is 1.98. The van der Waals surface area contributed by atoms with E-state index in [0.717, 1.165) is 4.13 Å². The molecule has 0 atom stereocenters. The summed E-state index contributed by atoms with van der Waals surface area (Å²) < 4.78 is 40.4. The van der Waals surface area contributed by atoms with E-state index in [1.54, 1.807) is 0 Å². The van der Waals surface area contributed by atoms with Crippen molar-refractivity contribution in [2.75, 3.05) is 0 Å². The van der Waals surface area contributed by atoms with Gasteiger partial charge in [0.25, 0.3) is 20.2 Å². The van der Waals surface area contributed by atoms with E-state index in [1.165, 1.54) is 0 Å². The van der Waals surface area contributed by atoms with Crippen molar-refractivity contribution < 1.29 is 16.8 Å². The molecule has 0 radical (unpaired) electrons. The third-order valence-electron chi connectivity index (χ3n) is 0.467. The lowest BCUT2D eigenvalue weighted by molar-refractivity contribution is 0.579. The molecule has 0 amide bonds. The Hall–Kier alpha value is 0.400. The van der Waals surface area contributed by atoms with E-state index in [0.29, 0.717) is 0 Å². The van der Waals surface area contributed by atoms with Crippen molar-refractivity contribution in [3.8, 4) is 0 Å². The van der Waals surface area contributed by atoms with Gasteiger partial charge in [-0.25, -0.2) is 13.6 Å². The molecule has 0 unspecified atom stereocenters. The molecule has 0 fully saturated rings. The Morgan fingerprint density at radius 3 is 1.64 bits per heavy atom. The summed E-state index contributed by atoms with van der Waals surface area (Å²) in [6.45, 7) is 0. The number of hydrogen-bond donors (Lipinski definition) is 2. The highest BCUT2D eigenvalue weighted by Crippen LogP contribution is 2.08. The fourth-order valence-corrected chi connectivity index (χ4v) is 2.44. The smallest absolute Gasteiger partial charge is 0.215 e. The van der Waals surface area contributed by atoms with E-state index >= 15 is 0 Å². The van der Waals surface area contributed by atoms with E-state index in [2.05, 4.69) is 5.14 Å². The van der Waals surface area contributed by atoms with Crippen LogP contribution in [0, 0.1) is 0 Å². The predicted octanol–water partition coefficient (Wildman–Crippen LogP) is -1.13. The van der Waals surface area contributed by atoms with Gasteiger partial charge < -0.3 is 0 Å². The molecule has 0 bridgehead atoms. The van der Waals surface area contributed by atoms with Gasteiger partial charge in [0.05, 0.1) is 0 Å². The average molecular weight is 243 g/mol. The Kier molecular flexibility index (Phi) is 3.54. The normalized spacial score (nSPS) is 13.8. The number of hydrogen-bond acceptors (Lipinski definition) is 4. The molecule has 0 aliphatic carbocycles. The number of nitrogens with two attached hydrogens (primary N) is 1. The monoisotopic (exact) mass is 242 g/mol. The second kappa shape index (κ2) is 3.42. The zero-order valence-corrected chi connectivity index (χ0v) is 8.00. The molecule has 0 aromatic heterocycles. The topological polar surface area (TPSA) is 106 Å². The fraction of sp³-hybridized carbons (Fsp3) is 1.00. The maximum absolute atomic E-state index is 10.5. The lowest BCUT2D eigenvalue weighted by atomic mass is 11.9. The first-order chi connectivity index (χ1) is 4.65. The molecule has 0 aliphatic heterocycles. The third-order valence-corrected chi connectivity index (χ3v) is 4.20. The van der Waals surface area contributed by atoms with Crippen molar-refractivity contribution in [1.82, 2.24) is 4.13 Å². The Balaban J connectivity index is 4.68. The van der Waals surface area contributed by atoms with Crippen LogP contribution in [0.25, 0.3) is 0 Å². The highest BCUT2D eigenvalue weighted by Gasteiger charge is 2.24. The van der Waals surface area contributed by atoms with E-state index in [9.17, 15) is 16.8 Å². The lowest BCUT2D eigenvalue weighted by Gasteiger charge is -2.02. The fourth-order valence-electron chi connectivity index (χ4n) is 0.198. The molecule has 0 aromatic rings. The van der Waals surface area contributed by atoms with Gasteiger partial charge in [-0.15, -0.1) is 0 Å². The van der Waals surface area contributed by atoms with Crippen molar-refractivity contribution in [3.05, 3.63) is 0 Å². The molecule has 10 heteroatoms. The summed E-state index contributed by atoms with van der Waals surface area (Å²) >= 11 is 9.74. The average Bonchev–Trinajstić information content (AvgIpc) is 1.56. The Morgan fingerprint density at radius 1 is 1.18 bits per heavy atom. The first-order valence-corrected chi connectivity index (χ1v) is 5.95. The summed E-state index contributed by atoms with van der Waals surface area (Å²) in [6.07, 6.45) is 0. The molecular weight excluding hydrogens is 239 g/mol. The molecule has 11 heavy (non-hydrogen) atoms. The quantitative estimate of drug-likeness (QED) is 0.611. The van der Waals surface area contributed by atoms with Crippen LogP contribution in [0.2, 0.25) is 0 Å². The standard InChI is InChI=1S/CH4Cl2N2O4S2/c2-1(3)10(6,7)5-11(4,8)9/h1,5H,(H2,4,8,9). The second-order valence-corrected chi connectivity index (χ2v) is 6.37. The molecule has 0 spiro atoms. The lowest BCUT2D eigenvalue weighted by Crippen LogP contribution is -2.38. The van der Waals surface area contributed by atoms with Crippen LogP contribution in [-0.4, -0.2) is 21.0 Å². The SMILES string of the molecule is NS(=O)(=O)NS(=O)(=O)C(Cl)Cl. The van der Waals surface area contributed by atoms with Crippen molar-refractivity contribution in [1.29, 1.82) is 0 Å². The zero-order chi connectivity index (χ0) is 9.28. The van der Waals surface area contributed by atoms with Crippen molar-refractivity contribution in [3.63, 3.8) is 0 Å². The Morgan fingerprint density at radius 2 is 1.55 bits per heavy atom. The summed E-state index contributed by atoms with van der Waals surface area (Å²) in [4.78, 5) is 0. The molecule has 68 valence electrons. The van der Waals surface area contributed by atoms with Gasteiger partial charge in [0.15, 0.2) is 0 Å². The van der Waals surface area contributed by atoms with Crippen molar-refractivity contribution >= 4 is 43.4 Å². The minimum absolute atomic E-state index is 1.05. The van der Waals surface area contributed by atoms with Crippen LogP contribution in [0.5, 0.6) is 0 Å². The van der Waals surface area contributed by atoms with Gasteiger partial charge in [-0.1, -0.05) is 27.3 Å². The highest BCUT2D eigenvalue weighted by atomic mass is 35.5. The number of alkyl halides is 2. The number of nitrogens with one attached hydrogen (secondary N) is 1. The van der Waals surface area contributed by atoms with Crippen LogP contribution >= 0.6 is 23.2 Å². The van der Waals surface area contributed by atoms with Crippen LogP contribution < -0.4 is 9.27 Å². The van der Waals surface area contributed by atoms with Crippen LogP contribution in [-0.2, 0) is 20.2 Å². The van der Waals surface area contributed by atoms with Crippen LogP contribution in [0.15, 0.2) is 0 Å². The van der Waals surface area contributed by atoms with Gasteiger partial charge in [0.1, 0.15) is 0 Å². The Bertz CT molecular complexity index is 316. The molecule has 6 nitrogen and oxygen atoms in total. The molecule has 0 aliphatic rings. The van der Waals surface area contributed by atoms with Crippen LogP contribution in [0.3, 0.4) is 0 Å². The summed E-state index contributed by atoms with van der Waals surface area (Å²) in [6, 6.07) is 0. The van der Waals surface area contributed by atoms with Gasteiger partial charge in [0.2, 0.25) is 4.17 Å². The molecule has 0 saturated carbocycles. The van der Waals surface area contributed by atoms with Crippen molar-refractivity contribution in [2.45, 2.75) is 4.17 Å². The maximum Gasteiger partial charge on any atom is 0.287 e. The van der Waals surface area contributed by atoms with E-state index < -0.39 is 24.4 Å². The number of sulfonamides is 1. The van der Waals surface area contributed by atoms with Gasteiger partial charge in [-0.2, -0.15) is 8.42 Å². The van der Waals surface area contributed by atoms with Gasteiger partial charge >= 0.3 is 0 Å². The third kappa shape index (κ3) is 4.77. The van der Waals surface area contributed by atoms with Crippen LogP contribution in [0.4, 0.5) is 0 Å². The van der Waals surface area contributed by atoms with Crippen molar-refractivity contribution in [2.24, 2.45) is 5.14 Å². The molecule has 0 heterocycles. The second-order valence-electron chi connectivity index (χ2n) is 1.43. The first kappa shape index (κ1) is 11.4. The number of rotatable bonds is 3. The summed E-state index contributed by atoms with van der Waals surface area (Å²) in [5.41, 5.74) is 0. The molecule has 0 saturated heterocycles. The maximum atomic E-state index is 10.5. The minimum Gasteiger partial charge on any atom is -0.215 e. The van der Waals surface area contributed by atoms with E-state index in [4.69, 9.17) is 23.2 Å². The largest absolute Gasteiger partial charge is 0.287 e. The Labute approximate surface area is 73.9 Å².